The highest BCUT2D eigenvalue weighted by atomic mass is 32.2. The third kappa shape index (κ3) is 3.72. The lowest BCUT2D eigenvalue weighted by Gasteiger charge is -2.13. The molecule has 1 N–H and O–H groups in total. The molecule has 0 aromatic carbocycles. The van der Waals surface area contributed by atoms with Gasteiger partial charge >= 0.3 is 0 Å². The van der Waals surface area contributed by atoms with Gasteiger partial charge in [-0.25, -0.2) is 0 Å². The van der Waals surface area contributed by atoms with Crippen LogP contribution in [0.5, 0.6) is 0 Å². The first-order valence-electron chi connectivity index (χ1n) is 4.90. The SMILES string of the molecule is CNC(CCSC)Cc1cnn(C)c1. The second-order valence-corrected chi connectivity index (χ2v) is 4.48. The largest absolute Gasteiger partial charge is 0.317 e. The highest BCUT2D eigenvalue weighted by Gasteiger charge is 2.07. The second kappa shape index (κ2) is 6.09. The van der Waals surface area contributed by atoms with Crippen LogP contribution in [-0.2, 0) is 13.5 Å². The van der Waals surface area contributed by atoms with Crippen molar-refractivity contribution in [2.75, 3.05) is 19.1 Å². The molecule has 3 nitrogen and oxygen atoms in total. The first-order valence-corrected chi connectivity index (χ1v) is 6.29. The zero-order chi connectivity index (χ0) is 10.4. The van der Waals surface area contributed by atoms with Crippen molar-refractivity contribution in [1.82, 2.24) is 15.1 Å². The molecule has 0 saturated carbocycles. The Morgan fingerprint density at radius 2 is 2.43 bits per heavy atom. The van der Waals surface area contributed by atoms with Gasteiger partial charge in [0.05, 0.1) is 6.20 Å². The van der Waals surface area contributed by atoms with Crippen LogP contribution in [0.1, 0.15) is 12.0 Å². The molecule has 14 heavy (non-hydrogen) atoms. The first-order chi connectivity index (χ1) is 6.76. The average molecular weight is 213 g/mol. The molecule has 1 rings (SSSR count). The molecule has 1 atom stereocenters. The molecule has 0 amide bonds. The molecule has 0 bridgehead atoms. The molecule has 1 aromatic rings. The predicted octanol–water partition coefficient (Wildman–Crippen LogP) is 1.30. The quantitative estimate of drug-likeness (QED) is 0.772. The van der Waals surface area contributed by atoms with E-state index < -0.39 is 0 Å². The highest BCUT2D eigenvalue weighted by molar-refractivity contribution is 7.98. The van der Waals surface area contributed by atoms with Crippen LogP contribution in [0, 0.1) is 0 Å². The van der Waals surface area contributed by atoms with Crippen LogP contribution in [0.2, 0.25) is 0 Å². The zero-order valence-corrected chi connectivity index (χ0v) is 9.97. The van der Waals surface area contributed by atoms with E-state index in [1.54, 1.807) is 0 Å². The molecule has 1 unspecified atom stereocenters. The lowest BCUT2D eigenvalue weighted by atomic mass is 10.1. The number of likely N-dealkylation sites (N-methyl/N-ethyl adjacent to an activating group) is 1. The average Bonchev–Trinajstić information content (AvgIpc) is 2.58. The molecule has 0 fully saturated rings. The van der Waals surface area contributed by atoms with Crippen LogP contribution in [-0.4, -0.2) is 34.9 Å². The van der Waals surface area contributed by atoms with Gasteiger partial charge in [0, 0.05) is 19.3 Å². The van der Waals surface area contributed by atoms with E-state index in [1.165, 1.54) is 17.7 Å². The molecule has 1 heterocycles. The summed E-state index contributed by atoms with van der Waals surface area (Å²) in [7, 11) is 3.99. The topological polar surface area (TPSA) is 29.9 Å². The molecule has 80 valence electrons. The maximum Gasteiger partial charge on any atom is 0.0522 e. The number of hydrogen-bond donors (Lipinski definition) is 1. The van der Waals surface area contributed by atoms with E-state index in [0.717, 1.165) is 6.42 Å². The summed E-state index contributed by atoms with van der Waals surface area (Å²) in [6, 6.07) is 0.576. The lowest BCUT2D eigenvalue weighted by Crippen LogP contribution is -2.28. The van der Waals surface area contributed by atoms with Gasteiger partial charge in [-0.3, -0.25) is 4.68 Å². The smallest absolute Gasteiger partial charge is 0.0522 e. The van der Waals surface area contributed by atoms with E-state index in [0.29, 0.717) is 6.04 Å². The van der Waals surface area contributed by atoms with Crippen molar-refractivity contribution in [3.05, 3.63) is 18.0 Å². The summed E-state index contributed by atoms with van der Waals surface area (Å²) < 4.78 is 1.86. The van der Waals surface area contributed by atoms with Crippen molar-refractivity contribution >= 4 is 11.8 Å². The van der Waals surface area contributed by atoms with Gasteiger partial charge in [0.15, 0.2) is 0 Å². The molecular formula is C10H19N3S. The van der Waals surface area contributed by atoms with Gasteiger partial charge in [0.25, 0.3) is 0 Å². The Hall–Kier alpha value is -0.480. The summed E-state index contributed by atoms with van der Waals surface area (Å²) >= 11 is 1.90. The van der Waals surface area contributed by atoms with Crippen molar-refractivity contribution in [3.8, 4) is 0 Å². The maximum absolute atomic E-state index is 4.17. The zero-order valence-electron chi connectivity index (χ0n) is 9.16. The molecule has 0 aliphatic heterocycles. The van der Waals surface area contributed by atoms with Gasteiger partial charge < -0.3 is 5.32 Å². The molecule has 0 aliphatic rings. The fourth-order valence-corrected chi connectivity index (χ4v) is 1.99. The minimum absolute atomic E-state index is 0.576. The fourth-order valence-electron chi connectivity index (χ4n) is 1.47. The highest BCUT2D eigenvalue weighted by Crippen LogP contribution is 2.07. The fraction of sp³-hybridized carbons (Fsp3) is 0.700. The van der Waals surface area contributed by atoms with E-state index in [4.69, 9.17) is 0 Å². The number of aryl methyl sites for hydroxylation is 1. The minimum Gasteiger partial charge on any atom is -0.317 e. The van der Waals surface area contributed by atoms with E-state index in [1.807, 2.05) is 36.7 Å². The van der Waals surface area contributed by atoms with E-state index >= 15 is 0 Å². The van der Waals surface area contributed by atoms with Crippen LogP contribution in [0.15, 0.2) is 12.4 Å². The van der Waals surface area contributed by atoms with Crippen LogP contribution in [0.25, 0.3) is 0 Å². The van der Waals surface area contributed by atoms with Gasteiger partial charge in [-0.05, 0) is 37.5 Å². The Kier molecular flexibility index (Phi) is 5.04. The predicted molar refractivity (Wildman–Crippen MR) is 62.8 cm³/mol. The van der Waals surface area contributed by atoms with Gasteiger partial charge in [-0.1, -0.05) is 0 Å². The van der Waals surface area contributed by atoms with Crippen LogP contribution in [0.3, 0.4) is 0 Å². The Balaban J connectivity index is 2.40. The Labute approximate surface area is 90.3 Å². The normalized spacial score (nSPS) is 13.1. The van der Waals surface area contributed by atoms with E-state index in [9.17, 15) is 0 Å². The van der Waals surface area contributed by atoms with Gasteiger partial charge in [-0.2, -0.15) is 16.9 Å². The Morgan fingerprint density at radius 1 is 1.64 bits per heavy atom. The van der Waals surface area contributed by atoms with Crippen molar-refractivity contribution in [1.29, 1.82) is 0 Å². The number of hydrogen-bond acceptors (Lipinski definition) is 3. The summed E-state index contributed by atoms with van der Waals surface area (Å²) in [4.78, 5) is 0. The van der Waals surface area contributed by atoms with Gasteiger partial charge in [0.2, 0.25) is 0 Å². The van der Waals surface area contributed by atoms with Crippen LogP contribution < -0.4 is 5.32 Å². The summed E-state index contributed by atoms with van der Waals surface area (Å²) in [5.74, 6) is 1.21. The van der Waals surface area contributed by atoms with E-state index in [2.05, 4.69) is 22.9 Å². The number of thioether (sulfide) groups is 1. The first kappa shape index (κ1) is 11.6. The molecule has 0 saturated heterocycles. The van der Waals surface area contributed by atoms with Gasteiger partial charge in [-0.15, -0.1) is 0 Å². The van der Waals surface area contributed by atoms with Crippen molar-refractivity contribution < 1.29 is 0 Å². The minimum atomic E-state index is 0.576. The molecule has 1 aromatic heterocycles. The van der Waals surface area contributed by atoms with Crippen LogP contribution in [0.4, 0.5) is 0 Å². The number of aromatic nitrogens is 2. The van der Waals surface area contributed by atoms with Crippen molar-refractivity contribution in [3.63, 3.8) is 0 Å². The molecule has 4 heteroatoms. The van der Waals surface area contributed by atoms with Crippen molar-refractivity contribution in [2.45, 2.75) is 18.9 Å². The summed E-state index contributed by atoms with van der Waals surface area (Å²) in [5.41, 5.74) is 1.31. The summed E-state index contributed by atoms with van der Waals surface area (Å²) in [6.45, 7) is 0. The van der Waals surface area contributed by atoms with E-state index in [-0.39, 0.29) is 0 Å². The summed E-state index contributed by atoms with van der Waals surface area (Å²) in [5, 5.41) is 7.51. The lowest BCUT2D eigenvalue weighted by molar-refractivity contribution is 0.547. The molecular weight excluding hydrogens is 194 g/mol. The number of nitrogens with zero attached hydrogens (tertiary/aromatic N) is 2. The third-order valence-electron chi connectivity index (χ3n) is 2.32. The van der Waals surface area contributed by atoms with Crippen LogP contribution >= 0.6 is 11.8 Å². The molecule has 0 spiro atoms. The molecule has 0 aliphatic carbocycles. The Bertz CT molecular complexity index is 260. The second-order valence-electron chi connectivity index (χ2n) is 3.49. The maximum atomic E-state index is 4.17. The third-order valence-corrected chi connectivity index (χ3v) is 2.96. The van der Waals surface area contributed by atoms with Crippen molar-refractivity contribution in [2.24, 2.45) is 7.05 Å². The monoisotopic (exact) mass is 213 g/mol. The number of rotatable bonds is 6. The number of nitrogens with one attached hydrogen (secondary N) is 1. The standard InChI is InChI=1S/C10H19N3S/c1-11-10(4-5-14-3)6-9-7-12-13(2)8-9/h7-8,10-11H,4-6H2,1-3H3. The Morgan fingerprint density at radius 3 is 2.93 bits per heavy atom. The summed E-state index contributed by atoms with van der Waals surface area (Å²) in [6.07, 6.45) is 8.47. The molecule has 0 radical (unpaired) electrons. The van der Waals surface area contributed by atoms with Gasteiger partial charge in [0.1, 0.15) is 0 Å².